The number of Topliss-reactive ketones (excluding diaryl/α,β-unsaturated/α-hetero) is 1. The van der Waals surface area contributed by atoms with Crippen LogP contribution in [0.15, 0.2) is 0 Å². The third kappa shape index (κ3) is 3.11. The molecule has 0 spiro atoms. The van der Waals surface area contributed by atoms with Crippen molar-refractivity contribution in [2.75, 3.05) is 0 Å². The van der Waals surface area contributed by atoms with Crippen molar-refractivity contribution in [1.82, 2.24) is 5.32 Å². The molecule has 3 heteroatoms. The molecule has 0 amide bonds. The molecule has 0 aromatic carbocycles. The molecule has 1 fully saturated rings. The van der Waals surface area contributed by atoms with Gasteiger partial charge in [-0.1, -0.05) is 13.8 Å². The van der Waals surface area contributed by atoms with Crippen molar-refractivity contribution in [2.24, 2.45) is 0 Å². The average molecular weight is 192 g/mol. The number of piperidine rings is 1. The number of hydrogen-bond acceptors (Lipinski definition) is 2. The van der Waals surface area contributed by atoms with Crippen LogP contribution in [-0.2, 0) is 4.79 Å². The van der Waals surface area contributed by atoms with E-state index in [0.717, 1.165) is 25.7 Å². The first-order valence-corrected chi connectivity index (χ1v) is 4.54. The maximum atomic E-state index is 11.2. The van der Waals surface area contributed by atoms with E-state index in [1.54, 1.807) is 0 Å². The SMILES string of the molecule is CC[C@@H]1CC(=O)C[C@H](CC)N1.Cl. The van der Waals surface area contributed by atoms with Gasteiger partial charge in [0.25, 0.3) is 0 Å². The fraction of sp³-hybridized carbons (Fsp3) is 0.889. The first-order chi connectivity index (χ1) is 5.26. The molecule has 0 aromatic rings. The third-order valence-corrected chi connectivity index (χ3v) is 2.41. The zero-order chi connectivity index (χ0) is 8.27. The second kappa shape index (κ2) is 5.55. The van der Waals surface area contributed by atoms with Crippen LogP contribution >= 0.6 is 12.4 Å². The van der Waals surface area contributed by atoms with E-state index in [2.05, 4.69) is 19.2 Å². The van der Waals surface area contributed by atoms with E-state index >= 15 is 0 Å². The summed E-state index contributed by atoms with van der Waals surface area (Å²) in [6.45, 7) is 4.26. The van der Waals surface area contributed by atoms with Crippen LogP contribution in [0.2, 0.25) is 0 Å². The first-order valence-electron chi connectivity index (χ1n) is 4.54. The van der Waals surface area contributed by atoms with Crippen molar-refractivity contribution in [3.8, 4) is 0 Å². The van der Waals surface area contributed by atoms with Gasteiger partial charge in [0, 0.05) is 24.9 Å². The number of halogens is 1. The largest absolute Gasteiger partial charge is 0.310 e. The minimum Gasteiger partial charge on any atom is -0.310 e. The summed E-state index contributed by atoms with van der Waals surface area (Å²) in [7, 11) is 0. The molecular formula is C9H18ClNO. The van der Waals surface area contributed by atoms with Crippen molar-refractivity contribution in [1.29, 1.82) is 0 Å². The zero-order valence-corrected chi connectivity index (χ0v) is 8.62. The highest BCUT2D eigenvalue weighted by Crippen LogP contribution is 2.13. The van der Waals surface area contributed by atoms with Gasteiger partial charge in [-0.25, -0.2) is 0 Å². The van der Waals surface area contributed by atoms with Crippen molar-refractivity contribution in [3.63, 3.8) is 0 Å². The van der Waals surface area contributed by atoms with Gasteiger partial charge in [0.1, 0.15) is 5.78 Å². The second-order valence-electron chi connectivity index (χ2n) is 3.32. The molecule has 1 heterocycles. The monoisotopic (exact) mass is 191 g/mol. The van der Waals surface area contributed by atoms with Crippen molar-refractivity contribution in [2.45, 2.75) is 51.6 Å². The van der Waals surface area contributed by atoms with Gasteiger partial charge in [-0.3, -0.25) is 4.79 Å². The molecule has 0 aliphatic carbocycles. The Hall–Kier alpha value is -0.0800. The Morgan fingerprint density at radius 3 is 2.00 bits per heavy atom. The second-order valence-corrected chi connectivity index (χ2v) is 3.32. The summed E-state index contributed by atoms with van der Waals surface area (Å²) in [6.07, 6.45) is 3.63. The molecule has 1 saturated heterocycles. The van der Waals surface area contributed by atoms with Crippen LogP contribution in [0, 0.1) is 0 Å². The summed E-state index contributed by atoms with van der Waals surface area (Å²) in [4.78, 5) is 11.2. The predicted octanol–water partition coefficient (Wildman–Crippen LogP) is 1.92. The minimum absolute atomic E-state index is 0. The molecule has 0 bridgehead atoms. The number of hydrogen-bond donors (Lipinski definition) is 1. The van der Waals surface area contributed by atoms with Gasteiger partial charge >= 0.3 is 0 Å². The first kappa shape index (κ1) is 11.9. The summed E-state index contributed by atoms with van der Waals surface area (Å²) in [5, 5.41) is 3.46. The summed E-state index contributed by atoms with van der Waals surface area (Å²) in [5.41, 5.74) is 0. The van der Waals surface area contributed by atoms with Crippen LogP contribution in [-0.4, -0.2) is 17.9 Å². The molecule has 72 valence electrons. The van der Waals surface area contributed by atoms with E-state index in [1.807, 2.05) is 0 Å². The molecule has 1 aliphatic heterocycles. The summed E-state index contributed by atoms with van der Waals surface area (Å²) in [5.74, 6) is 0.433. The summed E-state index contributed by atoms with van der Waals surface area (Å²) < 4.78 is 0. The van der Waals surface area contributed by atoms with Gasteiger partial charge < -0.3 is 5.32 Å². The quantitative estimate of drug-likeness (QED) is 0.723. The van der Waals surface area contributed by atoms with Crippen LogP contribution in [0.5, 0.6) is 0 Å². The maximum Gasteiger partial charge on any atom is 0.136 e. The number of ketones is 1. The van der Waals surface area contributed by atoms with Crippen molar-refractivity contribution >= 4 is 18.2 Å². The smallest absolute Gasteiger partial charge is 0.136 e. The number of nitrogens with one attached hydrogen (secondary N) is 1. The molecule has 0 unspecified atom stereocenters. The Kier molecular flexibility index (Phi) is 5.51. The lowest BCUT2D eigenvalue weighted by molar-refractivity contribution is -0.121. The van der Waals surface area contributed by atoms with Gasteiger partial charge in [0.2, 0.25) is 0 Å². The van der Waals surface area contributed by atoms with Crippen molar-refractivity contribution < 1.29 is 4.79 Å². The molecule has 0 aromatic heterocycles. The fourth-order valence-electron chi connectivity index (χ4n) is 1.61. The summed E-state index contributed by atoms with van der Waals surface area (Å²) in [6, 6.07) is 0.891. The van der Waals surface area contributed by atoms with Crippen LogP contribution in [0.1, 0.15) is 39.5 Å². The third-order valence-electron chi connectivity index (χ3n) is 2.41. The number of carbonyl (C=O) groups is 1. The topological polar surface area (TPSA) is 29.1 Å². The highest BCUT2D eigenvalue weighted by atomic mass is 35.5. The molecule has 12 heavy (non-hydrogen) atoms. The van der Waals surface area contributed by atoms with Gasteiger partial charge in [-0.05, 0) is 12.8 Å². The van der Waals surface area contributed by atoms with E-state index in [9.17, 15) is 4.79 Å². The molecule has 2 atom stereocenters. The Morgan fingerprint density at radius 1 is 1.25 bits per heavy atom. The van der Waals surface area contributed by atoms with Crippen molar-refractivity contribution in [3.05, 3.63) is 0 Å². The van der Waals surface area contributed by atoms with Crippen LogP contribution in [0.4, 0.5) is 0 Å². The lowest BCUT2D eigenvalue weighted by Gasteiger charge is -2.28. The predicted molar refractivity (Wildman–Crippen MR) is 52.8 cm³/mol. The molecule has 0 saturated carbocycles. The fourth-order valence-corrected chi connectivity index (χ4v) is 1.61. The highest BCUT2D eigenvalue weighted by molar-refractivity contribution is 5.85. The molecule has 1 aliphatic rings. The average Bonchev–Trinajstić information content (AvgIpc) is 2.03. The Labute approximate surface area is 80.5 Å². The molecular weight excluding hydrogens is 174 g/mol. The number of carbonyl (C=O) groups excluding carboxylic acids is 1. The van der Waals surface area contributed by atoms with Gasteiger partial charge in [0.05, 0.1) is 0 Å². The van der Waals surface area contributed by atoms with E-state index in [1.165, 1.54) is 0 Å². The van der Waals surface area contributed by atoms with Crippen LogP contribution in [0.25, 0.3) is 0 Å². The lowest BCUT2D eigenvalue weighted by Crippen LogP contribution is -2.45. The normalized spacial score (nSPS) is 29.7. The minimum atomic E-state index is 0. The van der Waals surface area contributed by atoms with E-state index < -0.39 is 0 Å². The number of rotatable bonds is 2. The van der Waals surface area contributed by atoms with Crippen LogP contribution < -0.4 is 5.32 Å². The van der Waals surface area contributed by atoms with E-state index in [-0.39, 0.29) is 12.4 Å². The van der Waals surface area contributed by atoms with Crippen LogP contribution in [0.3, 0.4) is 0 Å². The Balaban J connectivity index is 0.00000121. The Bertz CT molecular complexity index is 135. The molecule has 2 nitrogen and oxygen atoms in total. The molecule has 0 radical (unpaired) electrons. The molecule has 1 rings (SSSR count). The zero-order valence-electron chi connectivity index (χ0n) is 7.80. The highest BCUT2D eigenvalue weighted by Gasteiger charge is 2.23. The van der Waals surface area contributed by atoms with E-state index in [4.69, 9.17) is 0 Å². The van der Waals surface area contributed by atoms with Gasteiger partial charge in [0.15, 0.2) is 0 Å². The van der Waals surface area contributed by atoms with Gasteiger partial charge in [-0.2, -0.15) is 0 Å². The lowest BCUT2D eigenvalue weighted by atomic mass is 9.94. The Morgan fingerprint density at radius 2 is 1.67 bits per heavy atom. The standard InChI is InChI=1S/C9H17NO.ClH/c1-3-7-5-9(11)6-8(4-2)10-7;/h7-8,10H,3-6H2,1-2H3;1H/t7-,8+;. The van der Waals surface area contributed by atoms with E-state index in [0.29, 0.717) is 17.9 Å². The maximum absolute atomic E-state index is 11.2. The molecule has 1 N–H and O–H groups in total. The summed E-state index contributed by atoms with van der Waals surface area (Å²) >= 11 is 0. The van der Waals surface area contributed by atoms with Gasteiger partial charge in [-0.15, -0.1) is 12.4 Å².